The van der Waals surface area contributed by atoms with E-state index in [1.54, 1.807) is 24.3 Å². The second kappa shape index (κ2) is 9.65. The number of carbonyl (C=O) groups is 2. The van der Waals surface area contributed by atoms with E-state index in [2.05, 4.69) is 15.4 Å². The van der Waals surface area contributed by atoms with Gasteiger partial charge in [-0.25, -0.2) is 8.42 Å². The minimum Gasteiger partial charge on any atom is -0.486 e. The van der Waals surface area contributed by atoms with E-state index in [0.717, 1.165) is 0 Å². The molecule has 0 fully saturated rings. The van der Waals surface area contributed by atoms with Gasteiger partial charge in [-0.2, -0.15) is 0 Å². The highest BCUT2D eigenvalue weighted by Gasteiger charge is 2.19. The maximum absolute atomic E-state index is 12.7. The maximum atomic E-state index is 12.7. The molecule has 0 atom stereocenters. The number of amides is 2. The van der Waals surface area contributed by atoms with Crippen LogP contribution < -0.4 is 24.8 Å². The van der Waals surface area contributed by atoms with Crippen molar-refractivity contribution in [2.75, 3.05) is 29.8 Å². The van der Waals surface area contributed by atoms with E-state index < -0.39 is 15.9 Å². The summed E-state index contributed by atoms with van der Waals surface area (Å²) < 4.78 is 43.7. The zero-order valence-corrected chi connectivity index (χ0v) is 18.2. The van der Waals surface area contributed by atoms with Crippen LogP contribution in [0.15, 0.2) is 70.2 Å². The third-order valence-electron chi connectivity index (χ3n) is 4.63. The molecule has 0 saturated heterocycles. The van der Waals surface area contributed by atoms with Crippen LogP contribution in [0.5, 0.6) is 11.5 Å². The van der Waals surface area contributed by atoms with E-state index >= 15 is 0 Å². The van der Waals surface area contributed by atoms with Crippen molar-refractivity contribution in [3.05, 3.63) is 66.6 Å². The first-order valence-electron chi connectivity index (χ1n) is 10.0. The molecule has 0 radical (unpaired) electrons. The van der Waals surface area contributed by atoms with Crippen LogP contribution in [0.4, 0.5) is 11.4 Å². The van der Waals surface area contributed by atoms with Gasteiger partial charge in [0.25, 0.3) is 15.9 Å². The molecular formula is C22H21N3O7S. The molecule has 4 rings (SSSR count). The summed E-state index contributed by atoms with van der Waals surface area (Å²) in [4.78, 5) is 23.9. The number of rotatable bonds is 8. The molecule has 0 saturated carbocycles. The molecule has 2 amide bonds. The predicted octanol–water partition coefficient (Wildman–Crippen LogP) is 2.61. The van der Waals surface area contributed by atoms with Gasteiger partial charge < -0.3 is 24.5 Å². The van der Waals surface area contributed by atoms with E-state index in [4.69, 9.17) is 13.9 Å². The Kier molecular flexibility index (Phi) is 6.50. The molecule has 1 aliphatic rings. The van der Waals surface area contributed by atoms with Crippen molar-refractivity contribution < 1.29 is 31.9 Å². The number of fused-ring (bicyclic) bond motifs is 1. The van der Waals surface area contributed by atoms with Gasteiger partial charge in [0, 0.05) is 30.4 Å². The minimum atomic E-state index is -3.84. The first kappa shape index (κ1) is 22.2. The van der Waals surface area contributed by atoms with Crippen molar-refractivity contribution in [2.24, 2.45) is 0 Å². The molecule has 172 valence electrons. The fourth-order valence-electron chi connectivity index (χ4n) is 3.03. The van der Waals surface area contributed by atoms with Crippen LogP contribution in [-0.4, -0.2) is 40.0 Å². The second-order valence-corrected chi connectivity index (χ2v) is 8.70. The summed E-state index contributed by atoms with van der Waals surface area (Å²) in [6, 6.07) is 13.7. The van der Waals surface area contributed by atoms with E-state index in [-0.39, 0.29) is 29.5 Å². The van der Waals surface area contributed by atoms with Crippen molar-refractivity contribution in [3.63, 3.8) is 0 Å². The van der Waals surface area contributed by atoms with Gasteiger partial charge in [0.1, 0.15) is 13.2 Å². The van der Waals surface area contributed by atoms with Crippen molar-refractivity contribution in [2.45, 2.75) is 11.3 Å². The van der Waals surface area contributed by atoms with E-state index in [1.165, 1.54) is 36.6 Å². The lowest BCUT2D eigenvalue weighted by Crippen LogP contribution is -2.27. The number of ether oxygens (including phenoxy) is 2. The quantitative estimate of drug-likeness (QED) is 0.459. The fourth-order valence-corrected chi connectivity index (χ4v) is 4.11. The Labute approximate surface area is 189 Å². The first-order valence-corrected chi connectivity index (χ1v) is 11.5. The highest BCUT2D eigenvalue weighted by molar-refractivity contribution is 7.92. The van der Waals surface area contributed by atoms with E-state index in [0.29, 0.717) is 36.1 Å². The molecule has 2 heterocycles. The zero-order chi connectivity index (χ0) is 23.3. The average Bonchev–Trinajstić information content (AvgIpc) is 3.35. The van der Waals surface area contributed by atoms with Gasteiger partial charge in [-0.3, -0.25) is 14.3 Å². The van der Waals surface area contributed by atoms with Gasteiger partial charge in [-0.1, -0.05) is 0 Å². The number of nitrogens with one attached hydrogen (secondary N) is 3. The maximum Gasteiger partial charge on any atom is 0.286 e. The Hall–Kier alpha value is -3.99. The standard InChI is InChI=1S/C22H21N3O7S/c26-21(9-10-23-22(27)19-2-1-11-30-19)24-15-3-5-16(6-4-15)25-33(28,29)17-7-8-18-20(14-17)32-13-12-31-18/h1-8,11,14,25H,9-10,12-13H2,(H,23,27)(H,24,26). The van der Waals surface area contributed by atoms with Gasteiger partial charge in [0.05, 0.1) is 11.2 Å². The lowest BCUT2D eigenvalue weighted by molar-refractivity contribution is -0.116. The third-order valence-corrected chi connectivity index (χ3v) is 6.01. The van der Waals surface area contributed by atoms with Gasteiger partial charge in [-0.15, -0.1) is 0 Å². The molecule has 3 aromatic rings. The largest absolute Gasteiger partial charge is 0.486 e. The molecule has 2 aromatic carbocycles. The Bertz CT molecular complexity index is 1240. The van der Waals surface area contributed by atoms with Crippen molar-refractivity contribution >= 4 is 33.2 Å². The number of anilines is 2. The van der Waals surface area contributed by atoms with Crippen LogP contribution in [-0.2, 0) is 14.8 Å². The molecular weight excluding hydrogens is 450 g/mol. The van der Waals surface area contributed by atoms with Crippen LogP contribution in [0, 0.1) is 0 Å². The molecule has 11 heteroatoms. The topological polar surface area (TPSA) is 136 Å². The summed E-state index contributed by atoms with van der Waals surface area (Å²) in [5.41, 5.74) is 0.813. The average molecular weight is 471 g/mol. The summed E-state index contributed by atoms with van der Waals surface area (Å²) in [6.45, 7) is 0.909. The SMILES string of the molecule is O=C(CCNC(=O)c1ccco1)Nc1ccc(NS(=O)(=O)c2ccc3c(c2)OCCO3)cc1. The molecule has 1 aromatic heterocycles. The second-order valence-electron chi connectivity index (χ2n) is 7.02. The van der Waals surface area contributed by atoms with Crippen molar-refractivity contribution in [3.8, 4) is 11.5 Å². The minimum absolute atomic E-state index is 0.0423. The van der Waals surface area contributed by atoms with Crippen molar-refractivity contribution in [1.82, 2.24) is 5.32 Å². The molecule has 0 aliphatic carbocycles. The Morgan fingerprint density at radius 3 is 2.36 bits per heavy atom. The van der Waals surface area contributed by atoms with Gasteiger partial charge >= 0.3 is 0 Å². The zero-order valence-electron chi connectivity index (χ0n) is 17.4. The number of benzene rings is 2. The summed E-state index contributed by atoms with van der Waals surface area (Å²) in [6.07, 6.45) is 1.45. The number of furan rings is 1. The Balaban J connectivity index is 1.29. The molecule has 0 bridgehead atoms. The number of carbonyl (C=O) groups excluding carboxylic acids is 2. The fraction of sp³-hybridized carbons (Fsp3) is 0.182. The van der Waals surface area contributed by atoms with Crippen LogP contribution in [0.2, 0.25) is 0 Å². The normalized spacial score (nSPS) is 12.6. The molecule has 0 spiro atoms. The third kappa shape index (κ3) is 5.63. The molecule has 10 nitrogen and oxygen atoms in total. The van der Waals surface area contributed by atoms with Crippen LogP contribution >= 0.6 is 0 Å². The molecule has 3 N–H and O–H groups in total. The smallest absolute Gasteiger partial charge is 0.286 e. The number of hydrogen-bond donors (Lipinski definition) is 3. The summed E-state index contributed by atoms with van der Waals surface area (Å²) in [5, 5.41) is 5.27. The highest BCUT2D eigenvalue weighted by Crippen LogP contribution is 2.32. The monoisotopic (exact) mass is 471 g/mol. The Morgan fingerprint density at radius 1 is 0.909 bits per heavy atom. The van der Waals surface area contributed by atoms with Crippen LogP contribution in [0.3, 0.4) is 0 Å². The van der Waals surface area contributed by atoms with E-state index in [1.807, 2.05) is 0 Å². The Morgan fingerprint density at radius 2 is 1.64 bits per heavy atom. The summed E-state index contributed by atoms with van der Waals surface area (Å²) >= 11 is 0. The predicted molar refractivity (Wildman–Crippen MR) is 119 cm³/mol. The summed E-state index contributed by atoms with van der Waals surface area (Å²) in [7, 11) is -3.84. The highest BCUT2D eigenvalue weighted by atomic mass is 32.2. The van der Waals surface area contributed by atoms with Crippen LogP contribution in [0.1, 0.15) is 17.0 Å². The first-order chi connectivity index (χ1) is 15.9. The molecule has 33 heavy (non-hydrogen) atoms. The van der Waals surface area contributed by atoms with Gasteiger partial charge in [-0.05, 0) is 48.5 Å². The van der Waals surface area contributed by atoms with Gasteiger partial charge in [0.15, 0.2) is 17.3 Å². The number of sulfonamides is 1. The van der Waals surface area contributed by atoms with E-state index in [9.17, 15) is 18.0 Å². The lowest BCUT2D eigenvalue weighted by atomic mass is 10.2. The van der Waals surface area contributed by atoms with Crippen LogP contribution in [0.25, 0.3) is 0 Å². The molecule has 1 aliphatic heterocycles. The molecule has 0 unspecified atom stereocenters. The summed E-state index contributed by atoms with van der Waals surface area (Å²) in [5.74, 6) is 0.342. The lowest BCUT2D eigenvalue weighted by Gasteiger charge is -2.19. The van der Waals surface area contributed by atoms with Crippen molar-refractivity contribution in [1.29, 1.82) is 0 Å². The van der Waals surface area contributed by atoms with Gasteiger partial charge in [0.2, 0.25) is 5.91 Å². The number of hydrogen-bond acceptors (Lipinski definition) is 7.